The number of aromatic nitrogens is 2. The van der Waals surface area contributed by atoms with Gasteiger partial charge in [-0.25, -0.2) is 9.07 Å². The Bertz CT molecular complexity index is 985. The van der Waals surface area contributed by atoms with Gasteiger partial charge in [0.05, 0.1) is 11.7 Å². The summed E-state index contributed by atoms with van der Waals surface area (Å²) in [5, 5.41) is 15.0. The van der Waals surface area contributed by atoms with Crippen molar-refractivity contribution in [1.82, 2.24) is 14.7 Å². The molecule has 1 aromatic heterocycles. The van der Waals surface area contributed by atoms with Gasteiger partial charge in [0.2, 0.25) is 5.88 Å². The van der Waals surface area contributed by atoms with Gasteiger partial charge in [0, 0.05) is 37.8 Å². The van der Waals surface area contributed by atoms with Crippen LogP contribution in [0.4, 0.5) is 4.39 Å². The topological polar surface area (TPSA) is 50.5 Å². The van der Waals surface area contributed by atoms with E-state index in [-0.39, 0.29) is 11.9 Å². The van der Waals surface area contributed by atoms with Crippen LogP contribution in [0.5, 0.6) is 11.6 Å². The van der Waals surface area contributed by atoms with E-state index in [0.717, 1.165) is 29.7 Å². The first-order chi connectivity index (χ1) is 14.5. The number of rotatable bonds is 9. The average Bonchev–Trinajstić information content (AvgIpc) is 3.55. The Morgan fingerprint density at radius 1 is 1.20 bits per heavy atom. The molecule has 1 fully saturated rings. The zero-order valence-electron chi connectivity index (χ0n) is 17.5. The third-order valence-electron chi connectivity index (χ3n) is 5.49. The summed E-state index contributed by atoms with van der Waals surface area (Å²) in [6, 6.07) is 16.6. The van der Waals surface area contributed by atoms with Gasteiger partial charge in [-0.2, -0.15) is 5.10 Å². The molecule has 1 N–H and O–H groups in total. The SMILES string of the molecule is CCC(O)CN(Cc1c(-c2ccccc2)nn(C)c1Oc1cccc(F)c1)C1CC1. The second kappa shape index (κ2) is 8.98. The molecule has 6 heteroatoms. The lowest BCUT2D eigenvalue weighted by molar-refractivity contribution is 0.101. The van der Waals surface area contributed by atoms with Crippen molar-refractivity contribution in [2.45, 2.75) is 44.9 Å². The first kappa shape index (κ1) is 20.6. The Hall–Kier alpha value is -2.70. The highest BCUT2D eigenvalue weighted by Crippen LogP contribution is 2.37. The first-order valence-electron chi connectivity index (χ1n) is 10.5. The minimum Gasteiger partial charge on any atom is -0.439 e. The van der Waals surface area contributed by atoms with Gasteiger partial charge in [0.25, 0.3) is 0 Å². The number of nitrogens with zero attached hydrogens (tertiary/aromatic N) is 3. The number of ether oxygens (including phenoxy) is 1. The van der Waals surface area contributed by atoms with Crippen molar-refractivity contribution in [2.24, 2.45) is 7.05 Å². The molecule has 2 aromatic carbocycles. The molecule has 0 aliphatic heterocycles. The summed E-state index contributed by atoms with van der Waals surface area (Å²) in [6.45, 7) is 3.22. The van der Waals surface area contributed by atoms with Crippen LogP contribution in [0.2, 0.25) is 0 Å². The third-order valence-corrected chi connectivity index (χ3v) is 5.49. The molecular weight excluding hydrogens is 381 g/mol. The van der Waals surface area contributed by atoms with E-state index in [4.69, 9.17) is 9.84 Å². The number of aliphatic hydroxyl groups excluding tert-OH is 1. The molecular formula is C24H28FN3O2. The Balaban J connectivity index is 1.73. The highest BCUT2D eigenvalue weighted by atomic mass is 19.1. The van der Waals surface area contributed by atoms with Crippen LogP contribution in [0.15, 0.2) is 54.6 Å². The van der Waals surface area contributed by atoms with Gasteiger partial charge in [-0.15, -0.1) is 0 Å². The van der Waals surface area contributed by atoms with Crippen LogP contribution in [0, 0.1) is 5.82 Å². The summed E-state index contributed by atoms with van der Waals surface area (Å²) >= 11 is 0. The van der Waals surface area contributed by atoms with Gasteiger partial charge in [-0.05, 0) is 31.4 Å². The van der Waals surface area contributed by atoms with E-state index in [9.17, 15) is 9.50 Å². The molecule has 0 saturated heterocycles. The molecule has 158 valence electrons. The van der Waals surface area contributed by atoms with Gasteiger partial charge >= 0.3 is 0 Å². The molecule has 1 heterocycles. The Labute approximate surface area is 176 Å². The van der Waals surface area contributed by atoms with E-state index >= 15 is 0 Å². The Kier molecular flexibility index (Phi) is 6.16. The van der Waals surface area contributed by atoms with Crippen molar-refractivity contribution < 1.29 is 14.2 Å². The summed E-state index contributed by atoms with van der Waals surface area (Å²) in [5.41, 5.74) is 2.80. The number of aliphatic hydroxyl groups is 1. The maximum absolute atomic E-state index is 13.7. The third kappa shape index (κ3) is 4.71. The molecule has 1 aliphatic rings. The predicted octanol–water partition coefficient (Wildman–Crippen LogP) is 4.75. The molecule has 4 rings (SSSR count). The molecule has 5 nitrogen and oxygen atoms in total. The van der Waals surface area contributed by atoms with Crippen LogP contribution in [0.25, 0.3) is 11.3 Å². The van der Waals surface area contributed by atoms with E-state index in [1.54, 1.807) is 16.8 Å². The van der Waals surface area contributed by atoms with E-state index in [2.05, 4.69) is 4.90 Å². The lowest BCUT2D eigenvalue weighted by Crippen LogP contribution is -2.33. The van der Waals surface area contributed by atoms with Gasteiger partial charge < -0.3 is 9.84 Å². The molecule has 3 aromatic rings. The number of hydrogen-bond donors (Lipinski definition) is 1. The number of halogens is 1. The second-order valence-electron chi connectivity index (χ2n) is 7.90. The van der Waals surface area contributed by atoms with Crippen molar-refractivity contribution in [3.8, 4) is 22.9 Å². The average molecular weight is 410 g/mol. The molecule has 1 atom stereocenters. The number of benzene rings is 2. The van der Waals surface area contributed by atoms with Gasteiger partial charge in [-0.3, -0.25) is 4.90 Å². The predicted molar refractivity (Wildman–Crippen MR) is 115 cm³/mol. The lowest BCUT2D eigenvalue weighted by Gasteiger charge is -2.25. The van der Waals surface area contributed by atoms with Crippen molar-refractivity contribution in [3.63, 3.8) is 0 Å². The Morgan fingerprint density at radius 3 is 2.63 bits per heavy atom. The zero-order valence-corrected chi connectivity index (χ0v) is 17.5. The summed E-state index contributed by atoms with van der Waals surface area (Å²) in [4.78, 5) is 2.32. The van der Waals surface area contributed by atoms with Crippen LogP contribution < -0.4 is 4.74 Å². The monoisotopic (exact) mass is 409 g/mol. The number of hydrogen-bond acceptors (Lipinski definition) is 4. The molecule has 0 bridgehead atoms. The fourth-order valence-electron chi connectivity index (χ4n) is 3.68. The first-order valence-corrected chi connectivity index (χ1v) is 10.5. The normalized spacial score (nSPS) is 14.8. The summed E-state index contributed by atoms with van der Waals surface area (Å²) in [7, 11) is 1.84. The standard InChI is InChI=1S/C24H28FN3O2/c1-3-20(29)15-28(19-12-13-19)16-22-23(17-8-5-4-6-9-17)26-27(2)24(22)30-21-11-7-10-18(25)14-21/h4-11,14,19-20,29H,3,12-13,15-16H2,1-2H3. The van der Waals surface area contributed by atoms with Crippen molar-refractivity contribution in [2.75, 3.05) is 6.54 Å². The van der Waals surface area contributed by atoms with Crippen molar-refractivity contribution in [1.29, 1.82) is 0 Å². The molecule has 1 saturated carbocycles. The summed E-state index contributed by atoms with van der Waals surface area (Å²) < 4.78 is 21.5. The minimum atomic E-state index is -0.366. The van der Waals surface area contributed by atoms with Gasteiger partial charge in [-0.1, -0.05) is 43.3 Å². The van der Waals surface area contributed by atoms with Crippen LogP contribution in [0.1, 0.15) is 31.7 Å². The molecule has 0 spiro atoms. The fourth-order valence-corrected chi connectivity index (χ4v) is 3.68. The molecule has 0 radical (unpaired) electrons. The Morgan fingerprint density at radius 2 is 1.97 bits per heavy atom. The van der Waals surface area contributed by atoms with Crippen molar-refractivity contribution in [3.05, 3.63) is 66.0 Å². The largest absolute Gasteiger partial charge is 0.439 e. The molecule has 0 amide bonds. The zero-order chi connectivity index (χ0) is 21.1. The highest BCUT2D eigenvalue weighted by Gasteiger charge is 2.32. The maximum Gasteiger partial charge on any atom is 0.222 e. The van der Waals surface area contributed by atoms with E-state index in [1.807, 2.05) is 44.3 Å². The van der Waals surface area contributed by atoms with Crippen LogP contribution in [-0.4, -0.2) is 38.5 Å². The van der Waals surface area contributed by atoms with E-state index < -0.39 is 0 Å². The molecule has 1 aliphatic carbocycles. The quantitative estimate of drug-likeness (QED) is 0.554. The van der Waals surface area contributed by atoms with Crippen molar-refractivity contribution >= 4 is 0 Å². The van der Waals surface area contributed by atoms with Gasteiger partial charge in [0.15, 0.2) is 0 Å². The smallest absolute Gasteiger partial charge is 0.222 e. The summed E-state index contributed by atoms with van der Waals surface area (Å²) in [5.74, 6) is 0.687. The maximum atomic E-state index is 13.7. The van der Waals surface area contributed by atoms with Crippen LogP contribution in [0.3, 0.4) is 0 Å². The molecule has 30 heavy (non-hydrogen) atoms. The minimum absolute atomic E-state index is 0.342. The van der Waals surface area contributed by atoms with E-state index in [0.29, 0.717) is 37.2 Å². The fraction of sp³-hybridized carbons (Fsp3) is 0.375. The summed E-state index contributed by atoms with van der Waals surface area (Å²) in [6.07, 6.45) is 2.62. The molecule has 1 unspecified atom stereocenters. The highest BCUT2D eigenvalue weighted by molar-refractivity contribution is 5.65. The number of aryl methyl sites for hydroxylation is 1. The van der Waals surface area contributed by atoms with Gasteiger partial charge in [0.1, 0.15) is 17.3 Å². The lowest BCUT2D eigenvalue weighted by atomic mass is 10.1. The second-order valence-corrected chi connectivity index (χ2v) is 7.90. The van der Waals surface area contributed by atoms with Crippen LogP contribution in [-0.2, 0) is 13.6 Å². The van der Waals surface area contributed by atoms with E-state index in [1.165, 1.54) is 12.1 Å². The van der Waals surface area contributed by atoms with Crippen LogP contribution >= 0.6 is 0 Å².